The van der Waals surface area contributed by atoms with Gasteiger partial charge in [0.05, 0.1) is 20.8 Å². The molecule has 2 aliphatic carbocycles. The number of nitrogens with zero attached hydrogens (tertiary/aromatic N) is 5. The summed E-state index contributed by atoms with van der Waals surface area (Å²) < 4.78 is 17.3. The van der Waals surface area contributed by atoms with Crippen LogP contribution in [0.4, 0.5) is 53.3 Å². The van der Waals surface area contributed by atoms with Gasteiger partial charge in [-0.2, -0.15) is 0 Å². The predicted octanol–water partition coefficient (Wildman–Crippen LogP) is 8.38. The molecule has 28 heteroatoms. The smallest absolute Gasteiger partial charge is 0.407 e. The molecule has 24 nitrogen and oxygen atoms in total. The van der Waals surface area contributed by atoms with Crippen molar-refractivity contribution in [3.05, 3.63) is 203 Å². The lowest BCUT2D eigenvalue weighted by molar-refractivity contribution is -0.384. The molecule has 450 valence electrons. The van der Waals surface area contributed by atoms with Crippen molar-refractivity contribution in [2.24, 2.45) is 0 Å². The van der Waals surface area contributed by atoms with Gasteiger partial charge in [0.2, 0.25) is 11.8 Å². The van der Waals surface area contributed by atoms with Crippen LogP contribution in [0.3, 0.4) is 0 Å². The lowest BCUT2D eigenvalue weighted by atomic mass is 9.98. The van der Waals surface area contributed by atoms with Crippen molar-refractivity contribution in [1.29, 1.82) is 0 Å². The molecule has 0 fully saturated rings. The Kier molecular flexibility index (Phi) is 20.1. The fourth-order valence-electron chi connectivity index (χ4n) is 11.9. The summed E-state index contributed by atoms with van der Waals surface area (Å²) in [6, 6.07) is 41.1. The normalized spacial score (nSPS) is 13.3. The molecular weight excluding hydrogens is 1410 g/mol. The van der Waals surface area contributed by atoms with E-state index in [2.05, 4.69) is 16.0 Å². The summed E-state index contributed by atoms with van der Waals surface area (Å²) in [6.45, 7) is 0.868. The van der Waals surface area contributed by atoms with Crippen molar-refractivity contribution in [3.63, 3.8) is 0 Å². The largest absolute Gasteiger partial charge is 0.449 e. The van der Waals surface area contributed by atoms with Gasteiger partial charge in [-0.15, -0.1) is 0 Å². The van der Waals surface area contributed by atoms with Crippen molar-refractivity contribution < 1.29 is 62.5 Å². The van der Waals surface area contributed by atoms with Gasteiger partial charge in [0, 0.05) is 43.6 Å². The third kappa shape index (κ3) is 14.3. The Labute approximate surface area is 546 Å². The quantitative estimate of drug-likeness (QED) is 0.0192. The number of ether oxygens (including phenoxy) is 3. The number of alkyl carbamates (subject to hydrolysis) is 2. The minimum absolute atomic E-state index is 0.00469. The topological polar surface area (TPSA) is 319 Å². The maximum atomic E-state index is 12.9. The van der Waals surface area contributed by atoms with E-state index in [1.54, 1.807) is 57.3 Å². The number of carbonyl (C=O) groups is 7. The Morgan fingerprint density at radius 3 is 1.36 bits per heavy atom. The molecule has 89 heavy (non-hydrogen) atoms. The SMILES string of the molecule is O=C(NCC(=O)N1CCc2c[c]([AlH][C](=O)I)cc([N+](=O)[O-])c21)OCC1c2ccccc2-c2ccccc21.O=COc1cc2c(c([N+](=O)[O-])c1)N(C(=O)CNC(=O)OCC1c3ccccc3-c3ccccc31)CC2.O=[C](I)[AlH][c]1cc2c(c([N+](=O)[O-])c1)NCC2. The zero-order valence-corrected chi connectivity index (χ0v) is 54.1. The van der Waals surface area contributed by atoms with Crippen molar-refractivity contribution in [2.45, 2.75) is 31.1 Å². The van der Waals surface area contributed by atoms with E-state index in [4.69, 9.17) is 14.2 Å². The Balaban J connectivity index is 0.000000158. The Bertz CT molecular complexity index is 3990. The first-order chi connectivity index (χ1) is 42.9. The number of halogens is 2. The van der Waals surface area contributed by atoms with Gasteiger partial charge < -0.3 is 49.5 Å². The van der Waals surface area contributed by atoms with Crippen molar-refractivity contribution in [1.82, 2.24) is 10.6 Å². The number of fused-ring (bicyclic) bond motifs is 9. The predicted molar refractivity (Wildman–Crippen MR) is 349 cm³/mol. The number of benzene rings is 7. The van der Waals surface area contributed by atoms with Crippen molar-refractivity contribution in [2.75, 3.05) is 61.1 Å². The molecular formula is C61H50Al2I2N8O16. The number of hydrogen-bond acceptors (Lipinski definition) is 17. The second-order valence-corrected chi connectivity index (χ2v) is 29.8. The van der Waals surface area contributed by atoms with Crippen LogP contribution in [-0.4, -0.2) is 127 Å². The number of rotatable bonds is 17. The van der Waals surface area contributed by atoms with E-state index < -0.39 is 64.3 Å². The first-order valence-electron chi connectivity index (χ1n) is 27.8. The van der Waals surface area contributed by atoms with Crippen LogP contribution in [0.15, 0.2) is 133 Å². The van der Waals surface area contributed by atoms with E-state index in [-0.39, 0.29) is 102 Å². The van der Waals surface area contributed by atoms with Crippen LogP contribution in [0.5, 0.6) is 5.75 Å². The zero-order chi connectivity index (χ0) is 63.0. The number of nitrogens with one attached hydrogen (secondary N) is 3. The summed E-state index contributed by atoms with van der Waals surface area (Å²) in [7, 11) is 0. The van der Waals surface area contributed by atoms with Gasteiger partial charge in [-0.1, -0.05) is 118 Å². The summed E-state index contributed by atoms with van der Waals surface area (Å²) in [5, 5.41) is 42.1. The van der Waals surface area contributed by atoms with Crippen LogP contribution in [0.1, 0.15) is 50.8 Å². The minimum Gasteiger partial charge on any atom is -0.449 e. The standard InChI is InChI=1S/C26H21N3O7.C25H20N3O5.C8H7N2O2.2CIO.2Al.2H/c30-15-36-17-11-16-9-10-28(25(16)23(12-17)29(33)34)24(31)13-27-26(32)35-14-22-20-7-3-1-5-18(20)19-6-2-4-8-21(19)22;29-23(27-13-12-16-6-5-11-22(24(16)27)28(31)32)14-26-25(30)33-15-21-19-9-3-1-7-17(19)18-8-2-4-10-20(18)21;11-10(12)7-3-1-2-6-4-5-9-8(6)7;2*2-1-3;;;;/h1-8,11-12,15,22H,9-10,13-14H2,(H,27,32);1-4,6-11,21H,12-15H2,(H,26,30);2-3,9H,4-5H2;;;;;;. The lowest BCUT2D eigenvalue weighted by Crippen LogP contribution is -2.40. The summed E-state index contributed by atoms with van der Waals surface area (Å²) in [5.41, 5.74) is 11.5. The molecule has 3 N–H and O–H groups in total. The zero-order valence-electron chi connectivity index (χ0n) is 46.9. The molecule has 3 heterocycles. The van der Waals surface area contributed by atoms with Gasteiger partial charge in [-0.25, -0.2) is 9.59 Å². The lowest BCUT2D eigenvalue weighted by Gasteiger charge is -2.18. The molecule has 7 aromatic rings. The summed E-state index contributed by atoms with van der Waals surface area (Å²) >= 11 is 1.15. The highest BCUT2D eigenvalue weighted by molar-refractivity contribution is 14.1. The highest BCUT2D eigenvalue weighted by Crippen LogP contribution is 2.46. The first-order valence-corrected chi connectivity index (χ1v) is 32.8. The third-order valence-corrected chi connectivity index (χ3v) is 20.1. The molecule has 12 rings (SSSR count). The summed E-state index contributed by atoms with van der Waals surface area (Å²) in [5.74, 6) is -1.18. The molecule has 0 aromatic heterocycles. The van der Waals surface area contributed by atoms with Crippen LogP contribution in [0, 0.1) is 30.3 Å². The van der Waals surface area contributed by atoms with Crippen molar-refractivity contribution >= 4 is 154 Å². The molecule has 3 aliphatic heterocycles. The first kappa shape index (κ1) is 63.4. The van der Waals surface area contributed by atoms with E-state index >= 15 is 0 Å². The highest BCUT2D eigenvalue weighted by Gasteiger charge is 2.37. The second-order valence-electron chi connectivity index (χ2n) is 20.9. The molecule has 0 bridgehead atoms. The molecule has 4 amide bonds. The van der Waals surface area contributed by atoms with Crippen LogP contribution in [0.25, 0.3) is 22.3 Å². The summed E-state index contributed by atoms with van der Waals surface area (Å²) in [4.78, 5) is 119. The van der Waals surface area contributed by atoms with Gasteiger partial charge in [0.1, 0.15) is 54.4 Å². The second kappa shape index (κ2) is 28.2. The monoisotopic (exact) mass is 1460 g/mol. The van der Waals surface area contributed by atoms with Crippen LogP contribution >= 0.6 is 45.2 Å². The Morgan fingerprint density at radius 2 is 0.944 bits per heavy atom. The number of amides is 4. The summed E-state index contributed by atoms with van der Waals surface area (Å²) in [6.07, 6.45) is 0.112. The van der Waals surface area contributed by atoms with Crippen LogP contribution < -0.4 is 39.3 Å². The van der Waals surface area contributed by atoms with Gasteiger partial charge >= 0.3 is 42.6 Å². The van der Waals surface area contributed by atoms with Gasteiger partial charge in [-0.05, 0) is 132 Å². The van der Waals surface area contributed by atoms with Crippen molar-refractivity contribution in [3.8, 4) is 28.0 Å². The van der Waals surface area contributed by atoms with E-state index in [1.165, 1.54) is 21.9 Å². The molecule has 0 radical (unpaired) electrons. The molecule has 5 aliphatic rings. The third-order valence-electron chi connectivity index (χ3n) is 15.6. The van der Waals surface area contributed by atoms with E-state index in [9.17, 15) is 63.9 Å². The molecule has 0 saturated carbocycles. The van der Waals surface area contributed by atoms with Crippen LogP contribution in [-0.2, 0) is 43.1 Å². The van der Waals surface area contributed by atoms with Gasteiger partial charge in [-0.3, -0.25) is 44.7 Å². The van der Waals surface area contributed by atoms with E-state index in [0.29, 0.717) is 34.1 Å². The molecule has 7 aromatic carbocycles. The average molecular weight is 1460 g/mol. The molecule has 0 spiro atoms. The molecule has 0 atom stereocenters. The van der Waals surface area contributed by atoms with Gasteiger partial charge in [0.15, 0.2) is 0 Å². The number of carbonyl (C=O) groups excluding carboxylic acids is 7. The Morgan fingerprint density at radius 1 is 0.551 bits per heavy atom. The average Bonchev–Trinajstić information content (AvgIpc) is 1.80. The fraction of sp³-hybridized carbons (Fsp3) is 0.197. The number of nitro benzene ring substituents is 3. The fourth-order valence-corrected chi connectivity index (χ4v) is 16.5. The van der Waals surface area contributed by atoms with Gasteiger partial charge in [0.25, 0.3) is 23.5 Å². The van der Waals surface area contributed by atoms with Crippen LogP contribution in [0.2, 0.25) is 0 Å². The number of nitro groups is 3. The molecule has 0 unspecified atom stereocenters. The highest BCUT2D eigenvalue weighted by atomic mass is 127. The number of hydrogen-bond donors (Lipinski definition) is 3. The maximum Gasteiger partial charge on any atom is 0.407 e. The maximum absolute atomic E-state index is 12.9. The Hall–Kier alpha value is -8.65. The van der Waals surface area contributed by atoms with E-state index in [1.807, 2.05) is 103 Å². The number of anilines is 3. The van der Waals surface area contributed by atoms with E-state index in [0.717, 1.165) is 73.5 Å². The minimum atomic E-state index is -1.29. The molecule has 0 saturated heterocycles.